The van der Waals surface area contributed by atoms with Crippen molar-refractivity contribution in [2.45, 2.75) is 38.6 Å². The van der Waals surface area contributed by atoms with Gasteiger partial charge in [0, 0.05) is 11.6 Å². The van der Waals surface area contributed by atoms with Crippen molar-refractivity contribution in [3.8, 4) is 17.2 Å². The minimum atomic E-state index is -0.494. The van der Waals surface area contributed by atoms with Gasteiger partial charge in [0.25, 0.3) is 5.91 Å². The SMILES string of the molecule is C[C@@H]1CCCC[C@@H]1NC(=O)NC(=O)COc1ccc(-c2nnco2)cc1. The predicted octanol–water partition coefficient (Wildman–Crippen LogP) is 2.52. The zero-order valence-electron chi connectivity index (χ0n) is 14.6. The lowest BCUT2D eigenvalue weighted by atomic mass is 9.86. The van der Waals surface area contributed by atoms with E-state index in [9.17, 15) is 9.59 Å². The molecule has 0 saturated heterocycles. The fourth-order valence-electron chi connectivity index (χ4n) is 3.04. The topological polar surface area (TPSA) is 106 Å². The van der Waals surface area contributed by atoms with E-state index in [1.807, 2.05) is 0 Å². The molecule has 0 aliphatic heterocycles. The van der Waals surface area contributed by atoms with Crippen molar-refractivity contribution in [3.05, 3.63) is 30.7 Å². The first kappa shape index (κ1) is 17.9. The first-order valence-corrected chi connectivity index (χ1v) is 8.71. The van der Waals surface area contributed by atoms with Crippen molar-refractivity contribution in [2.24, 2.45) is 5.92 Å². The van der Waals surface area contributed by atoms with Crippen LogP contribution in [0, 0.1) is 5.92 Å². The fourth-order valence-corrected chi connectivity index (χ4v) is 3.04. The molecule has 2 N–H and O–H groups in total. The Labute approximate surface area is 151 Å². The van der Waals surface area contributed by atoms with E-state index in [1.54, 1.807) is 24.3 Å². The molecule has 1 aromatic carbocycles. The fraction of sp³-hybridized carbons (Fsp3) is 0.444. The predicted molar refractivity (Wildman–Crippen MR) is 93.3 cm³/mol. The highest BCUT2D eigenvalue weighted by Crippen LogP contribution is 2.23. The first-order valence-electron chi connectivity index (χ1n) is 8.71. The standard InChI is InChI=1S/C18H22N4O4/c1-12-4-2-3-5-15(12)20-18(24)21-16(23)10-25-14-8-6-13(7-9-14)17-22-19-11-26-17/h6-9,11-12,15H,2-5,10H2,1H3,(H2,20,21,23,24)/t12-,15+/m1/s1. The van der Waals surface area contributed by atoms with E-state index in [1.165, 1.54) is 12.8 Å². The highest BCUT2D eigenvalue weighted by atomic mass is 16.5. The summed E-state index contributed by atoms with van der Waals surface area (Å²) in [7, 11) is 0. The summed E-state index contributed by atoms with van der Waals surface area (Å²) in [5, 5.41) is 12.6. The van der Waals surface area contributed by atoms with Crippen molar-refractivity contribution in [2.75, 3.05) is 6.61 Å². The molecular formula is C18H22N4O4. The summed E-state index contributed by atoms with van der Waals surface area (Å²) >= 11 is 0. The smallest absolute Gasteiger partial charge is 0.321 e. The van der Waals surface area contributed by atoms with Crippen LogP contribution in [0.4, 0.5) is 4.79 Å². The Balaban J connectivity index is 1.42. The number of imide groups is 1. The second kappa shape index (κ2) is 8.46. The number of hydrogen-bond acceptors (Lipinski definition) is 6. The minimum absolute atomic E-state index is 0.120. The number of hydrogen-bond donors (Lipinski definition) is 2. The van der Waals surface area contributed by atoms with Gasteiger partial charge in [-0.15, -0.1) is 10.2 Å². The maximum absolute atomic E-state index is 11.9. The number of benzene rings is 1. The molecular weight excluding hydrogens is 336 g/mol. The van der Waals surface area contributed by atoms with Crippen LogP contribution >= 0.6 is 0 Å². The van der Waals surface area contributed by atoms with Gasteiger partial charge < -0.3 is 14.5 Å². The Bertz CT molecular complexity index is 730. The lowest BCUT2D eigenvalue weighted by molar-refractivity contribution is -0.122. The van der Waals surface area contributed by atoms with Gasteiger partial charge in [-0.1, -0.05) is 19.8 Å². The summed E-state index contributed by atoms with van der Waals surface area (Å²) in [5.41, 5.74) is 0.750. The summed E-state index contributed by atoms with van der Waals surface area (Å²) in [6.07, 6.45) is 5.60. The van der Waals surface area contributed by atoms with Crippen LogP contribution in [-0.4, -0.2) is 34.8 Å². The molecule has 0 spiro atoms. The number of rotatable bonds is 5. The van der Waals surface area contributed by atoms with Crippen molar-refractivity contribution in [1.82, 2.24) is 20.8 Å². The van der Waals surface area contributed by atoms with E-state index >= 15 is 0 Å². The van der Waals surface area contributed by atoms with Gasteiger partial charge in [-0.2, -0.15) is 0 Å². The average molecular weight is 358 g/mol. The zero-order chi connectivity index (χ0) is 18.4. The van der Waals surface area contributed by atoms with Gasteiger partial charge in [0.05, 0.1) is 0 Å². The Morgan fingerprint density at radius 1 is 1.23 bits per heavy atom. The number of amides is 3. The van der Waals surface area contributed by atoms with E-state index in [-0.39, 0.29) is 12.6 Å². The molecule has 8 nitrogen and oxygen atoms in total. The molecule has 8 heteroatoms. The summed E-state index contributed by atoms with van der Waals surface area (Å²) in [5.74, 6) is 0.845. The van der Waals surface area contributed by atoms with E-state index < -0.39 is 11.9 Å². The van der Waals surface area contributed by atoms with Crippen molar-refractivity contribution < 1.29 is 18.7 Å². The van der Waals surface area contributed by atoms with Gasteiger partial charge in [0.1, 0.15) is 5.75 Å². The summed E-state index contributed by atoms with van der Waals surface area (Å²) in [4.78, 5) is 23.8. The monoisotopic (exact) mass is 358 g/mol. The summed E-state index contributed by atoms with van der Waals surface area (Å²) in [6.45, 7) is 1.88. The van der Waals surface area contributed by atoms with Gasteiger partial charge in [-0.25, -0.2) is 4.79 Å². The van der Waals surface area contributed by atoms with Gasteiger partial charge in [-0.05, 0) is 43.0 Å². The molecule has 26 heavy (non-hydrogen) atoms. The van der Waals surface area contributed by atoms with Crippen LogP contribution in [0.3, 0.4) is 0 Å². The summed E-state index contributed by atoms with van der Waals surface area (Å²) < 4.78 is 10.5. The molecule has 3 rings (SSSR count). The molecule has 138 valence electrons. The lowest BCUT2D eigenvalue weighted by Gasteiger charge is -2.29. The van der Waals surface area contributed by atoms with Crippen LogP contribution in [0.15, 0.2) is 35.1 Å². The number of nitrogens with zero attached hydrogens (tertiary/aromatic N) is 2. The van der Waals surface area contributed by atoms with Crippen LogP contribution in [0.1, 0.15) is 32.6 Å². The number of ether oxygens (including phenoxy) is 1. The number of carbonyl (C=O) groups is 2. The van der Waals surface area contributed by atoms with Crippen LogP contribution in [0.5, 0.6) is 5.75 Å². The van der Waals surface area contributed by atoms with Crippen molar-refractivity contribution in [3.63, 3.8) is 0 Å². The molecule has 0 unspecified atom stereocenters. The Kier molecular flexibility index (Phi) is 5.83. The van der Waals surface area contributed by atoms with Crippen molar-refractivity contribution in [1.29, 1.82) is 0 Å². The Hall–Kier alpha value is -2.90. The molecule has 1 saturated carbocycles. The highest BCUT2D eigenvalue weighted by Gasteiger charge is 2.23. The second-order valence-electron chi connectivity index (χ2n) is 6.45. The number of aromatic nitrogens is 2. The second-order valence-corrected chi connectivity index (χ2v) is 6.45. The van der Waals surface area contributed by atoms with E-state index in [0.29, 0.717) is 17.6 Å². The van der Waals surface area contributed by atoms with Crippen molar-refractivity contribution >= 4 is 11.9 Å². The molecule has 1 aromatic heterocycles. The van der Waals surface area contributed by atoms with Gasteiger partial charge >= 0.3 is 6.03 Å². The molecule has 2 atom stereocenters. The third kappa shape index (κ3) is 4.81. The highest BCUT2D eigenvalue weighted by molar-refractivity contribution is 5.95. The quantitative estimate of drug-likeness (QED) is 0.851. The average Bonchev–Trinajstić information content (AvgIpc) is 3.17. The lowest BCUT2D eigenvalue weighted by Crippen LogP contribution is -2.48. The largest absolute Gasteiger partial charge is 0.484 e. The maximum atomic E-state index is 11.9. The Morgan fingerprint density at radius 2 is 2.00 bits per heavy atom. The molecule has 0 radical (unpaired) electrons. The minimum Gasteiger partial charge on any atom is -0.484 e. The van der Waals surface area contributed by atoms with Crippen LogP contribution in [0.2, 0.25) is 0 Å². The normalized spacial score (nSPS) is 19.6. The number of nitrogens with one attached hydrogen (secondary N) is 2. The third-order valence-electron chi connectivity index (χ3n) is 4.51. The summed E-state index contributed by atoms with van der Waals surface area (Å²) in [6, 6.07) is 6.53. The molecule has 1 heterocycles. The third-order valence-corrected chi connectivity index (χ3v) is 4.51. The van der Waals surface area contributed by atoms with Gasteiger partial charge in [-0.3, -0.25) is 10.1 Å². The maximum Gasteiger partial charge on any atom is 0.321 e. The molecule has 1 aliphatic rings. The van der Waals surface area contributed by atoms with Crippen LogP contribution in [0.25, 0.3) is 11.5 Å². The Morgan fingerprint density at radius 3 is 2.69 bits per heavy atom. The van der Waals surface area contributed by atoms with Crippen LogP contribution < -0.4 is 15.4 Å². The molecule has 1 aliphatic carbocycles. The van der Waals surface area contributed by atoms with Crippen LogP contribution in [-0.2, 0) is 4.79 Å². The number of urea groups is 1. The molecule has 0 bridgehead atoms. The molecule has 2 aromatic rings. The zero-order valence-corrected chi connectivity index (χ0v) is 14.6. The van der Waals surface area contributed by atoms with E-state index in [0.717, 1.165) is 24.8 Å². The van der Waals surface area contributed by atoms with E-state index in [4.69, 9.17) is 9.15 Å². The first-order chi connectivity index (χ1) is 12.6. The van der Waals surface area contributed by atoms with Gasteiger partial charge in [0.15, 0.2) is 6.61 Å². The van der Waals surface area contributed by atoms with E-state index in [2.05, 4.69) is 27.8 Å². The molecule has 3 amide bonds. The number of carbonyl (C=O) groups excluding carboxylic acids is 2. The van der Waals surface area contributed by atoms with Gasteiger partial charge in [0.2, 0.25) is 12.3 Å². The molecule has 1 fully saturated rings.